The monoisotopic (exact) mass is 436 g/mol. The Balaban J connectivity index is 1.33. The fourth-order valence-corrected chi connectivity index (χ4v) is 3.89. The summed E-state index contributed by atoms with van der Waals surface area (Å²) in [5, 5.41) is 4.80. The highest BCUT2D eigenvalue weighted by molar-refractivity contribution is 5.93. The lowest BCUT2D eigenvalue weighted by Gasteiger charge is -2.34. The molecule has 1 fully saturated rings. The molecular weight excluding hydrogens is 412 g/mol. The van der Waals surface area contributed by atoms with Gasteiger partial charge in [0, 0.05) is 62.0 Å². The van der Waals surface area contributed by atoms with Crippen molar-refractivity contribution >= 4 is 17.9 Å². The SMILES string of the molecule is O=C(/C=C/c1cn(-c2ccccc2)nc1-c1ccccc1)N1CCN(c2ncccn2)CC1. The van der Waals surface area contributed by atoms with E-state index in [1.165, 1.54) is 0 Å². The van der Waals surface area contributed by atoms with Crippen LogP contribution in [-0.4, -0.2) is 56.7 Å². The number of nitrogens with zero attached hydrogens (tertiary/aromatic N) is 6. The molecule has 0 unspecified atom stereocenters. The van der Waals surface area contributed by atoms with Crippen LogP contribution in [-0.2, 0) is 4.79 Å². The molecule has 4 aromatic rings. The molecule has 0 spiro atoms. The number of amides is 1. The van der Waals surface area contributed by atoms with Crippen molar-refractivity contribution in [3.63, 3.8) is 0 Å². The van der Waals surface area contributed by atoms with Gasteiger partial charge in [0.25, 0.3) is 0 Å². The van der Waals surface area contributed by atoms with Crippen LogP contribution in [0, 0.1) is 0 Å². The largest absolute Gasteiger partial charge is 0.337 e. The van der Waals surface area contributed by atoms with Crippen LogP contribution in [0.2, 0.25) is 0 Å². The molecule has 3 heterocycles. The molecule has 0 atom stereocenters. The number of anilines is 1. The fourth-order valence-electron chi connectivity index (χ4n) is 3.89. The Morgan fingerprint density at radius 2 is 1.48 bits per heavy atom. The average Bonchev–Trinajstić information content (AvgIpc) is 3.33. The molecule has 0 aliphatic carbocycles. The van der Waals surface area contributed by atoms with Gasteiger partial charge in [-0.05, 0) is 24.3 Å². The summed E-state index contributed by atoms with van der Waals surface area (Å²) in [7, 11) is 0. The third-order valence-corrected chi connectivity index (χ3v) is 5.64. The first-order chi connectivity index (χ1) is 16.3. The van der Waals surface area contributed by atoms with Gasteiger partial charge in [-0.1, -0.05) is 48.5 Å². The van der Waals surface area contributed by atoms with E-state index >= 15 is 0 Å². The molecule has 5 rings (SSSR count). The molecule has 0 saturated carbocycles. The summed E-state index contributed by atoms with van der Waals surface area (Å²) in [6, 6.07) is 21.8. The first-order valence-electron chi connectivity index (χ1n) is 11.0. The van der Waals surface area contributed by atoms with Gasteiger partial charge in [0.05, 0.1) is 11.4 Å². The van der Waals surface area contributed by atoms with E-state index < -0.39 is 0 Å². The normalized spacial score (nSPS) is 14.1. The maximum atomic E-state index is 12.9. The minimum atomic E-state index is -0.00453. The molecule has 0 bridgehead atoms. The number of piperazine rings is 1. The molecule has 2 aromatic carbocycles. The molecule has 7 heteroatoms. The molecular formula is C26H24N6O. The van der Waals surface area contributed by atoms with Gasteiger partial charge in [-0.15, -0.1) is 0 Å². The van der Waals surface area contributed by atoms with E-state index in [0.717, 1.165) is 22.5 Å². The average molecular weight is 437 g/mol. The lowest BCUT2D eigenvalue weighted by atomic mass is 10.1. The number of hydrogen-bond donors (Lipinski definition) is 0. The predicted molar refractivity (Wildman–Crippen MR) is 129 cm³/mol. The fraction of sp³-hybridized carbons (Fsp3) is 0.154. The molecule has 1 saturated heterocycles. The van der Waals surface area contributed by atoms with Crippen LogP contribution in [0.5, 0.6) is 0 Å². The van der Waals surface area contributed by atoms with Gasteiger partial charge in [0.1, 0.15) is 0 Å². The smallest absolute Gasteiger partial charge is 0.246 e. The number of rotatable bonds is 5. The number of carbonyl (C=O) groups excluding carboxylic acids is 1. The van der Waals surface area contributed by atoms with Crippen molar-refractivity contribution in [3.05, 3.63) is 97.0 Å². The lowest BCUT2D eigenvalue weighted by Crippen LogP contribution is -2.48. The first kappa shape index (κ1) is 20.6. The Morgan fingerprint density at radius 3 is 2.18 bits per heavy atom. The van der Waals surface area contributed by atoms with Crippen molar-refractivity contribution in [2.24, 2.45) is 0 Å². The van der Waals surface area contributed by atoms with Crippen LogP contribution in [0.3, 0.4) is 0 Å². The minimum absolute atomic E-state index is 0.00453. The van der Waals surface area contributed by atoms with Gasteiger partial charge >= 0.3 is 0 Å². The van der Waals surface area contributed by atoms with E-state index in [-0.39, 0.29) is 5.91 Å². The summed E-state index contributed by atoms with van der Waals surface area (Å²) < 4.78 is 1.85. The summed E-state index contributed by atoms with van der Waals surface area (Å²) in [5.41, 5.74) is 3.72. The Kier molecular flexibility index (Phi) is 5.93. The summed E-state index contributed by atoms with van der Waals surface area (Å²) in [6.45, 7) is 2.70. The highest BCUT2D eigenvalue weighted by atomic mass is 16.2. The maximum absolute atomic E-state index is 12.9. The van der Waals surface area contributed by atoms with E-state index in [9.17, 15) is 4.79 Å². The van der Waals surface area contributed by atoms with Crippen molar-refractivity contribution < 1.29 is 4.79 Å². The van der Waals surface area contributed by atoms with Gasteiger partial charge in [0.15, 0.2) is 0 Å². The van der Waals surface area contributed by atoms with E-state index in [1.54, 1.807) is 24.5 Å². The number of aromatic nitrogens is 4. The van der Waals surface area contributed by atoms with E-state index in [1.807, 2.05) is 82.5 Å². The summed E-state index contributed by atoms with van der Waals surface area (Å²) in [5.74, 6) is 0.705. The molecule has 1 amide bonds. The Bertz CT molecular complexity index is 1230. The maximum Gasteiger partial charge on any atom is 0.246 e. The molecule has 0 N–H and O–H groups in total. The van der Waals surface area contributed by atoms with Crippen molar-refractivity contribution in [2.75, 3.05) is 31.1 Å². The number of hydrogen-bond acceptors (Lipinski definition) is 5. The van der Waals surface area contributed by atoms with Gasteiger partial charge < -0.3 is 9.80 Å². The van der Waals surface area contributed by atoms with Gasteiger partial charge in [-0.2, -0.15) is 5.10 Å². The van der Waals surface area contributed by atoms with Crippen LogP contribution < -0.4 is 4.90 Å². The highest BCUT2D eigenvalue weighted by Gasteiger charge is 2.21. The molecule has 33 heavy (non-hydrogen) atoms. The lowest BCUT2D eigenvalue weighted by molar-refractivity contribution is -0.126. The Labute approximate surface area is 192 Å². The van der Waals surface area contributed by atoms with Crippen molar-refractivity contribution in [3.8, 4) is 16.9 Å². The van der Waals surface area contributed by atoms with E-state index in [0.29, 0.717) is 32.1 Å². The highest BCUT2D eigenvalue weighted by Crippen LogP contribution is 2.25. The quantitative estimate of drug-likeness (QED) is 0.447. The second-order valence-corrected chi connectivity index (χ2v) is 7.77. The minimum Gasteiger partial charge on any atom is -0.337 e. The van der Waals surface area contributed by atoms with Crippen molar-refractivity contribution in [1.29, 1.82) is 0 Å². The second-order valence-electron chi connectivity index (χ2n) is 7.77. The van der Waals surface area contributed by atoms with Crippen LogP contribution in [0.25, 0.3) is 23.0 Å². The first-order valence-corrected chi connectivity index (χ1v) is 11.0. The zero-order valence-electron chi connectivity index (χ0n) is 18.2. The Hall–Kier alpha value is -4.26. The van der Waals surface area contributed by atoms with Crippen LogP contribution >= 0.6 is 0 Å². The molecule has 1 aliphatic rings. The second kappa shape index (κ2) is 9.48. The van der Waals surface area contributed by atoms with Crippen molar-refractivity contribution in [2.45, 2.75) is 0 Å². The summed E-state index contributed by atoms with van der Waals surface area (Å²) in [6.07, 6.45) is 8.95. The van der Waals surface area contributed by atoms with Crippen LogP contribution in [0.4, 0.5) is 5.95 Å². The summed E-state index contributed by atoms with van der Waals surface area (Å²) in [4.78, 5) is 25.5. The van der Waals surface area contributed by atoms with Gasteiger partial charge in [-0.3, -0.25) is 4.79 Å². The third kappa shape index (κ3) is 4.67. The third-order valence-electron chi connectivity index (χ3n) is 5.64. The van der Waals surface area contributed by atoms with Crippen LogP contribution in [0.15, 0.2) is 91.4 Å². The van der Waals surface area contributed by atoms with E-state index in [2.05, 4.69) is 14.9 Å². The molecule has 1 aliphatic heterocycles. The zero-order valence-corrected chi connectivity index (χ0v) is 18.2. The zero-order chi connectivity index (χ0) is 22.5. The molecule has 164 valence electrons. The van der Waals surface area contributed by atoms with Gasteiger partial charge in [-0.25, -0.2) is 14.6 Å². The molecule has 0 radical (unpaired) electrons. The Morgan fingerprint density at radius 1 is 0.818 bits per heavy atom. The number of para-hydroxylation sites is 1. The summed E-state index contributed by atoms with van der Waals surface area (Å²) >= 11 is 0. The van der Waals surface area contributed by atoms with Crippen molar-refractivity contribution in [1.82, 2.24) is 24.6 Å². The topological polar surface area (TPSA) is 67.2 Å². The molecule has 2 aromatic heterocycles. The number of carbonyl (C=O) groups is 1. The van der Waals surface area contributed by atoms with E-state index in [4.69, 9.17) is 5.10 Å². The van der Waals surface area contributed by atoms with Crippen LogP contribution in [0.1, 0.15) is 5.56 Å². The standard InChI is InChI=1S/C26H24N6O/c33-24(30-16-18-31(19-17-30)26-27-14-7-15-28-26)13-12-22-20-32(23-10-5-2-6-11-23)29-25(22)21-8-3-1-4-9-21/h1-15,20H,16-19H2/b13-12+. The van der Waals surface area contributed by atoms with Gasteiger partial charge in [0.2, 0.25) is 11.9 Å². The molecule has 7 nitrogen and oxygen atoms in total. The number of benzene rings is 2. The predicted octanol–water partition coefficient (Wildman–Crippen LogP) is 3.69.